The molecule has 28 heavy (non-hydrogen) atoms. The lowest BCUT2D eigenvalue weighted by Gasteiger charge is -2.10. The molecule has 0 N–H and O–H groups in total. The van der Waals surface area contributed by atoms with E-state index in [2.05, 4.69) is 21.2 Å². The van der Waals surface area contributed by atoms with Gasteiger partial charge in [-0.3, -0.25) is 9.78 Å². The number of carbonyl (C=O) groups excluding carboxylic acids is 1. The first-order valence-corrected chi connectivity index (χ1v) is 9.88. The highest BCUT2D eigenvalue weighted by Crippen LogP contribution is 2.37. The summed E-state index contributed by atoms with van der Waals surface area (Å²) in [6.45, 7) is 0. The number of hydrogen-bond acceptors (Lipinski definition) is 5. The van der Waals surface area contributed by atoms with Gasteiger partial charge in [-0.2, -0.15) is 5.10 Å². The number of amides is 1. The molecule has 0 saturated carbocycles. The lowest BCUT2D eigenvalue weighted by atomic mass is 10.1. The first-order chi connectivity index (χ1) is 13.5. The molecular formula is C21H17ClN4OS. The highest BCUT2D eigenvalue weighted by Gasteiger charge is 2.20. The van der Waals surface area contributed by atoms with Gasteiger partial charge in [0.1, 0.15) is 0 Å². The Kier molecular flexibility index (Phi) is 5.07. The number of rotatable bonds is 4. The fourth-order valence-corrected chi connectivity index (χ4v) is 4.21. The largest absolute Gasteiger partial charge is 0.343 e. The van der Waals surface area contributed by atoms with Gasteiger partial charge in [-0.15, -0.1) is 16.4 Å². The third kappa shape index (κ3) is 3.61. The molecule has 0 radical (unpaired) electrons. The maximum Gasteiger partial charge on any atom is 0.275 e. The van der Waals surface area contributed by atoms with Gasteiger partial charge in [0.2, 0.25) is 0 Å². The average Bonchev–Trinajstić information content (AvgIpc) is 3.15. The minimum absolute atomic E-state index is 0.157. The van der Waals surface area contributed by atoms with Crippen LogP contribution in [0, 0.1) is 0 Å². The number of halogens is 1. The molecule has 0 saturated heterocycles. The number of benzene rings is 1. The van der Waals surface area contributed by atoms with Gasteiger partial charge in [-0.25, -0.2) is 0 Å². The maximum atomic E-state index is 12.6. The molecule has 0 aliphatic carbocycles. The Morgan fingerprint density at radius 3 is 2.61 bits per heavy atom. The molecule has 140 valence electrons. The zero-order valence-electron chi connectivity index (χ0n) is 15.4. The molecule has 5 nitrogen and oxygen atoms in total. The van der Waals surface area contributed by atoms with Crippen LogP contribution in [0.5, 0.6) is 0 Å². The van der Waals surface area contributed by atoms with Crippen molar-refractivity contribution in [1.82, 2.24) is 20.1 Å². The van der Waals surface area contributed by atoms with Crippen LogP contribution in [-0.2, 0) is 6.42 Å². The van der Waals surface area contributed by atoms with E-state index in [1.165, 1.54) is 4.90 Å². The predicted molar refractivity (Wildman–Crippen MR) is 113 cm³/mol. The van der Waals surface area contributed by atoms with Crippen LogP contribution in [0.2, 0.25) is 5.02 Å². The number of fused-ring (bicyclic) bond motifs is 1. The van der Waals surface area contributed by atoms with Crippen LogP contribution >= 0.6 is 22.9 Å². The van der Waals surface area contributed by atoms with Crippen molar-refractivity contribution >= 4 is 38.9 Å². The first kappa shape index (κ1) is 18.5. The summed E-state index contributed by atoms with van der Waals surface area (Å²) in [5.74, 6) is -0.157. The molecule has 1 amide bonds. The van der Waals surface area contributed by atoms with E-state index < -0.39 is 0 Å². The van der Waals surface area contributed by atoms with Crippen LogP contribution in [0.15, 0.2) is 54.9 Å². The highest BCUT2D eigenvalue weighted by atomic mass is 35.5. The number of nitrogens with zero attached hydrogens (tertiary/aromatic N) is 4. The molecule has 0 aliphatic rings. The lowest BCUT2D eigenvalue weighted by molar-refractivity contribution is 0.0823. The number of hydrogen-bond donors (Lipinski definition) is 0. The summed E-state index contributed by atoms with van der Waals surface area (Å²) in [5, 5.41) is 10.3. The molecule has 0 unspecified atom stereocenters. The van der Waals surface area contributed by atoms with Crippen molar-refractivity contribution in [3.63, 3.8) is 0 Å². The molecule has 4 rings (SSSR count). The van der Waals surface area contributed by atoms with E-state index in [1.54, 1.807) is 31.6 Å². The highest BCUT2D eigenvalue weighted by molar-refractivity contribution is 7.22. The number of carbonyl (C=O) groups is 1. The van der Waals surface area contributed by atoms with Crippen molar-refractivity contribution < 1.29 is 4.79 Å². The zero-order chi connectivity index (χ0) is 19.7. The van der Waals surface area contributed by atoms with Crippen molar-refractivity contribution in [3.05, 3.63) is 76.8 Å². The van der Waals surface area contributed by atoms with E-state index in [0.29, 0.717) is 17.1 Å². The van der Waals surface area contributed by atoms with Crippen molar-refractivity contribution in [2.75, 3.05) is 14.1 Å². The maximum absolute atomic E-state index is 12.6. The molecule has 3 aromatic heterocycles. The fraction of sp³-hybridized carbons (Fsp3) is 0.143. The molecule has 0 bridgehead atoms. The molecule has 0 aliphatic heterocycles. The van der Waals surface area contributed by atoms with Gasteiger partial charge in [0.05, 0.1) is 10.4 Å². The van der Waals surface area contributed by atoms with Gasteiger partial charge >= 0.3 is 0 Å². The Labute approximate surface area is 171 Å². The number of aromatic nitrogens is 3. The van der Waals surface area contributed by atoms with E-state index in [-0.39, 0.29) is 5.91 Å². The minimum Gasteiger partial charge on any atom is -0.343 e. The molecule has 3 heterocycles. The van der Waals surface area contributed by atoms with Crippen molar-refractivity contribution in [1.29, 1.82) is 0 Å². The fourth-order valence-electron chi connectivity index (χ4n) is 2.93. The Hall–Kier alpha value is -2.83. The summed E-state index contributed by atoms with van der Waals surface area (Å²) in [4.78, 5) is 19.4. The van der Waals surface area contributed by atoms with E-state index in [9.17, 15) is 4.79 Å². The quantitative estimate of drug-likeness (QED) is 0.491. The summed E-state index contributed by atoms with van der Waals surface area (Å²) in [7, 11) is 3.43. The monoisotopic (exact) mass is 408 g/mol. The second-order valence-electron chi connectivity index (χ2n) is 6.59. The van der Waals surface area contributed by atoms with E-state index in [0.717, 1.165) is 31.8 Å². The molecule has 0 fully saturated rings. The molecule has 7 heteroatoms. The summed E-state index contributed by atoms with van der Waals surface area (Å²) in [5.41, 5.74) is 3.29. The third-order valence-electron chi connectivity index (χ3n) is 4.36. The van der Waals surface area contributed by atoms with Gasteiger partial charge in [-0.1, -0.05) is 29.8 Å². The topological polar surface area (TPSA) is 59.0 Å². The Balaban J connectivity index is 1.87. The zero-order valence-corrected chi connectivity index (χ0v) is 17.0. The number of thiophene rings is 1. The summed E-state index contributed by atoms with van der Waals surface area (Å²) >= 11 is 7.57. The van der Waals surface area contributed by atoms with Gasteiger partial charge in [0.25, 0.3) is 5.91 Å². The molecule has 1 aromatic carbocycles. The molecule has 0 atom stereocenters. The Bertz CT molecular complexity index is 1140. The van der Waals surface area contributed by atoms with Gasteiger partial charge in [-0.05, 0) is 35.4 Å². The van der Waals surface area contributed by atoms with E-state index in [4.69, 9.17) is 11.6 Å². The predicted octanol–water partition coefficient (Wildman–Crippen LogP) is 4.70. The van der Waals surface area contributed by atoms with Crippen molar-refractivity contribution in [2.24, 2.45) is 0 Å². The van der Waals surface area contributed by atoms with Crippen LogP contribution in [0.3, 0.4) is 0 Å². The van der Waals surface area contributed by atoms with Crippen LogP contribution < -0.4 is 0 Å². The summed E-state index contributed by atoms with van der Waals surface area (Å²) in [6.07, 6.45) is 4.16. The molecular weight excluding hydrogens is 392 g/mol. The normalized spacial score (nSPS) is 11.0. The smallest absolute Gasteiger partial charge is 0.275 e. The van der Waals surface area contributed by atoms with Crippen LogP contribution in [0.4, 0.5) is 0 Å². The number of pyridine rings is 1. The summed E-state index contributed by atoms with van der Waals surface area (Å²) in [6, 6.07) is 13.7. The van der Waals surface area contributed by atoms with Crippen LogP contribution in [0.1, 0.15) is 21.7 Å². The van der Waals surface area contributed by atoms with Gasteiger partial charge in [0, 0.05) is 48.2 Å². The minimum atomic E-state index is -0.157. The van der Waals surface area contributed by atoms with Crippen molar-refractivity contribution in [2.45, 2.75) is 6.42 Å². The SMILES string of the molecule is CN(C)C(=O)c1nnc(Cc2cccnc2)c2cc(-c3ccc(Cl)cc3)sc12. The van der Waals surface area contributed by atoms with Crippen LogP contribution in [-0.4, -0.2) is 40.1 Å². The lowest BCUT2D eigenvalue weighted by Crippen LogP contribution is -2.23. The Morgan fingerprint density at radius 2 is 1.93 bits per heavy atom. The van der Waals surface area contributed by atoms with Crippen LogP contribution in [0.25, 0.3) is 20.5 Å². The standard InChI is InChI=1S/C21H17ClN4OS/c1-26(2)21(27)19-20-16(11-18(28-20)14-5-7-15(22)8-6-14)17(24-25-19)10-13-4-3-9-23-12-13/h3-9,11-12H,10H2,1-2H3. The second kappa shape index (κ2) is 7.66. The van der Waals surface area contributed by atoms with Crippen molar-refractivity contribution in [3.8, 4) is 10.4 Å². The van der Waals surface area contributed by atoms with E-state index >= 15 is 0 Å². The molecule has 0 spiro atoms. The van der Waals surface area contributed by atoms with Gasteiger partial charge in [0.15, 0.2) is 5.69 Å². The third-order valence-corrected chi connectivity index (χ3v) is 5.80. The van der Waals surface area contributed by atoms with Gasteiger partial charge < -0.3 is 4.90 Å². The average molecular weight is 409 g/mol. The second-order valence-corrected chi connectivity index (χ2v) is 8.08. The first-order valence-electron chi connectivity index (χ1n) is 8.68. The Morgan fingerprint density at radius 1 is 1.14 bits per heavy atom. The van der Waals surface area contributed by atoms with E-state index in [1.807, 2.05) is 42.6 Å². The summed E-state index contributed by atoms with van der Waals surface area (Å²) < 4.78 is 0.845. The molecule has 4 aromatic rings.